The van der Waals surface area contributed by atoms with E-state index in [2.05, 4.69) is 24.7 Å². The second-order valence-corrected chi connectivity index (χ2v) is 3.97. The molecule has 2 aromatic rings. The standard InChI is InChI=1S/C12H13N5O2/c1-6-4-14-10(15-5-6)11-16-7(2)8(9(13)17-11)12(18)19-3/h4-5H,1-3H3,(H2,13,16,17). The molecule has 0 saturated carbocycles. The third-order valence-electron chi connectivity index (χ3n) is 2.49. The summed E-state index contributed by atoms with van der Waals surface area (Å²) in [6.07, 6.45) is 3.32. The van der Waals surface area contributed by atoms with Crippen molar-refractivity contribution in [3.63, 3.8) is 0 Å². The van der Waals surface area contributed by atoms with Gasteiger partial charge in [0.05, 0.1) is 12.8 Å². The number of esters is 1. The lowest BCUT2D eigenvalue weighted by Crippen LogP contribution is -2.12. The van der Waals surface area contributed by atoms with Crippen LogP contribution in [-0.4, -0.2) is 33.0 Å². The van der Waals surface area contributed by atoms with Gasteiger partial charge in [-0.1, -0.05) is 0 Å². The molecule has 0 amide bonds. The first kappa shape index (κ1) is 12.9. The fourth-order valence-electron chi connectivity index (χ4n) is 1.56. The van der Waals surface area contributed by atoms with E-state index in [1.807, 2.05) is 6.92 Å². The Hall–Kier alpha value is -2.57. The lowest BCUT2D eigenvalue weighted by atomic mass is 10.2. The van der Waals surface area contributed by atoms with Gasteiger partial charge in [0.2, 0.25) is 0 Å². The second kappa shape index (κ2) is 4.97. The van der Waals surface area contributed by atoms with Crippen molar-refractivity contribution in [2.75, 3.05) is 12.8 Å². The van der Waals surface area contributed by atoms with Gasteiger partial charge in [0, 0.05) is 12.4 Å². The van der Waals surface area contributed by atoms with Crippen LogP contribution in [0.3, 0.4) is 0 Å². The van der Waals surface area contributed by atoms with Gasteiger partial charge in [-0.25, -0.2) is 24.7 Å². The number of carbonyl (C=O) groups is 1. The monoisotopic (exact) mass is 259 g/mol. The van der Waals surface area contributed by atoms with E-state index < -0.39 is 5.97 Å². The van der Waals surface area contributed by atoms with Crippen LogP contribution in [0, 0.1) is 13.8 Å². The lowest BCUT2D eigenvalue weighted by Gasteiger charge is -2.07. The van der Waals surface area contributed by atoms with E-state index in [4.69, 9.17) is 5.73 Å². The number of rotatable bonds is 2. The highest BCUT2D eigenvalue weighted by molar-refractivity contribution is 5.95. The molecule has 0 aliphatic heterocycles. The first-order valence-electron chi connectivity index (χ1n) is 5.54. The number of hydrogen-bond acceptors (Lipinski definition) is 7. The highest BCUT2D eigenvalue weighted by Crippen LogP contribution is 2.18. The normalized spacial score (nSPS) is 10.3. The van der Waals surface area contributed by atoms with Crippen molar-refractivity contribution >= 4 is 11.8 Å². The lowest BCUT2D eigenvalue weighted by molar-refractivity contribution is 0.0600. The van der Waals surface area contributed by atoms with E-state index >= 15 is 0 Å². The fraction of sp³-hybridized carbons (Fsp3) is 0.250. The maximum Gasteiger partial charge on any atom is 0.343 e. The van der Waals surface area contributed by atoms with Gasteiger partial charge in [0.25, 0.3) is 0 Å². The zero-order chi connectivity index (χ0) is 14.0. The van der Waals surface area contributed by atoms with Crippen LogP contribution in [0.1, 0.15) is 21.6 Å². The number of ether oxygens (including phenoxy) is 1. The number of nitrogens with zero attached hydrogens (tertiary/aromatic N) is 4. The molecule has 7 heteroatoms. The molecule has 0 aliphatic carbocycles. The minimum atomic E-state index is -0.564. The Labute approximate surface area is 109 Å². The van der Waals surface area contributed by atoms with Crippen molar-refractivity contribution in [2.45, 2.75) is 13.8 Å². The number of methoxy groups -OCH3 is 1. The molecule has 0 unspecified atom stereocenters. The first-order valence-corrected chi connectivity index (χ1v) is 5.54. The molecule has 7 nitrogen and oxygen atoms in total. The summed E-state index contributed by atoms with van der Waals surface area (Å²) in [4.78, 5) is 28.0. The minimum absolute atomic E-state index is 0.0542. The Morgan fingerprint density at radius 1 is 1.16 bits per heavy atom. The van der Waals surface area contributed by atoms with Crippen molar-refractivity contribution in [2.24, 2.45) is 0 Å². The third-order valence-corrected chi connectivity index (χ3v) is 2.49. The van der Waals surface area contributed by atoms with E-state index in [0.717, 1.165) is 5.56 Å². The number of hydrogen-bond donors (Lipinski definition) is 1. The fourth-order valence-corrected chi connectivity index (χ4v) is 1.56. The van der Waals surface area contributed by atoms with Gasteiger partial charge >= 0.3 is 5.97 Å². The van der Waals surface area contributed by atoms with Crippen LogP contribution in [0.2, 0.25) is 0 Å². The molecule has 2 rings (SSSR count). The quantitative estimate of drug-likeness (QED) is 0.799. The van der Waals surface area contributed by atoms with Gasteiger partial charge in [0.15, 0.2) is 11.6 Å². The van der Waals surface area contributed by atoms with E-state index in [1.165, 1.54) is 7.11 Å². The summed E-state index contributed by atoms with van der Waals surface area (Å²) >= 11 is 0. The zero-order valence-corrected chi connectivity index (χ0v) is 10.8. The first-order chi connectivity index (χ1) is 9.02. The number of aryl methyl sites for hydroxylation is 2. The predicted molar refractivity (Wildman–Crippen MR) is 68.3 cm³/mol. The summed E-state index contributed by atoms with van der Waals surface area (Å²) < 4.78 is 4.63. The molecular formula is C12H13N5O2. The third kappa shape index (κ3) is 2.49. The van der Waals surface area contributed by atoms with Crippen LogP contribution in [0.4, 0.5) is 5.82 Å². The molecule has 0 aliphatic rings. The SMILES string of the molecule is COC(=O)c1c(C)nc(-c2ncc(C)cn2)nc1N. The maximum absolute atomic E-state index is 11.5. The Kier molecular flexibility index (Phi) is 3.37. The Morgan fingerprint density at radius 3 is 2.32 bits per heavy atom. The molecule has 0 fully saturated rings. The van der Waals surface area contributed by atoms with Crippen molar-refractivity contribution in [3.05, 3.63) is 29.2 Å². The summed E-state index contributed by atoms with van der Waals surface area (Å²) in [5.41, 5.74) is 7.28. The average molecular weight is 259 g/mol. The molecule has 0 bridgehead atoms. The van der Waals surface area contributed by atoms with Gasteiger partial charge < -0.3 is 10.5 Å². The summed E-state index contributed by atoms with van der Waals surface area (Å²) in [7, 11) is 1.28. The number of nitrogen functional groups attached to an aromatic ring is 1. The second-order valence-electron chi connectivity index (χ2n) is 3.97. The van der Waals surface area contributed by atoms with Gasteiger partial charge in [-0.3, -0.25) is 0 Å². The largest absolute Gasteiger partial charge is 0.465 e. The number of carbonyl (C=O) groups excluding carboxylic acids is 1. The topological polar surface area (TPSA) is 104 Å². The molecule has 2 aromatic heterocycles. The van der Waals surface area contributed by atoms with E-state index in [0.29, 0.717) is 11.5 Å². The molecule has 2 heterocycles. The summed E-state index contributed by atoms with van der Waals surface area (Å²) in [5, 5.41) is 0. The summed E-state index contributed by atoms with van der Waals surface area (Å²) in [6, 6.07) is 0. The van der Waals surface area contributed by atoms with E-state index in [-0.39, 0.29) is 17.2 Å². The molecule has 0 saturated heterocycles. The van der Waals surface area contributed by atoms with Gasteiger partial charge in [0.1, 0.15) is 11.4 Å². The Balaban J connectivity index is 2.51. The zero-order valence-electron chi connectivity index (χ0n) is 10.8. The van der Waals surface area contributed by atoms with Crippen molar-refractivity contribution in [1.82, 2.24) is 19.9 Å². The predicted octanol–water partition coefficient (Wildman–Crippen LogP) is 0.919. The smallest absolute Gasteiger partial charge is 0.343 e. The van der Waals surface area contributed by atoms with Gasteiger partial charge in [-0.05, 0) is 19.4 Å². The van der Waals surface area contributed by atoms with Crippen LogP contribution in [-0.2, 0) is 4.74 Å². The Bertz CT molecular complexity index is 602. The highest BCUT2D eigenvalue weighted by Gasteiger charge is 2.18. The molecule has 98 valence electrons. The molecule has 0 spiro atoms. The van der Waals surface area contributed by atoms with Crippen molar-refractivity contribution < 1.29 is 9.53 Å². The molecule has 19 heavy (non-hydrogen) atoms. The average Bonchev–Trinajstić information content (AvgIpc) is 2.38. The van der Waals surface area contributed by atoms with Crippen LogP contribution < -0.4 is 5.73 Å². The van der Waals surface area contributed by atoms with Crippen LogP contribution in [0.15, 0.2) is 12.4 Å². The number of anilines is 1. The van der Waals surface area contributed by atoms with Crippen LogP contribution in [0.5, 0.6) is 0 Å². The molecule has 0 radical (unpaired) electrons. The van der Waals surface area contributed by atoms with E-state index in [9.17, 15) is 4.79 Å². The van der Waals surface area contributed by atoms with Crippen molar-refractivity contribution in [1.29, 1.82) is 0 Å². The minimum Gasteiger partial charge on any atom is -0.465 e. The number of nitrogens with two attached hydrogens (primary N) is 1. The van der Waals surface area contributed by atoms with Crippen LogP contribution >= 0.6 is 0 Å². The molecule has 0 aromatic carbocycles. The summed E-state index contributed by atoms with van der Waals surface area (Å²) in [5.74, 6) is 0.129. The molecule has 2 N–H and O–H groups in total. The highest BCUT2D eigenvalue weighted by atomic mass is 16.5. The van der Waals surface area contributed by atoms with Gasteiger partial charge in [-0.2, -0.15) is 0 Å². The van der Waals surface area contributed by atoms with Gasteiger partial charge in [-0.15, -0.1) is 0 Å². The van der Waals surface area contributed by atoms with Crippen molar-refractivity contribution in [3.8, 4) is 11.6 Å². The summed E-state index contributed by atoms with van der Waals surface area (Å²) in [6.45, 7) is 3.53. The van der Waals surface area contributed by atoms with Crippen LogP contribution in [0.25, 0.3) is 11.6 Å². The molecule has 0 atom stereocenters. The Morgan fingerprint density at radius 2 is 1.79 bits per heavy atom. The maximum atomic E-state index is 11.5. The van der Waals surface area contributed by atoms with E-state index in [1.54, 1.807) is 19.3 Å². The molecular weight excluding hydrogens is 246 g/mol. The number of aromatic nitrogens is 4.